The summed E-state index contributed by atoms with van der Waals surface area (Å²) in [5.74, 6) is -1.10. The lowest BCUT2D eigenvalue weighted by Gasteiger charge is -2.33. The van der Waals surface area contributed by atoms with E-state index in [-0.39, 0.29) is 6.61 Å². The van der Waals surface area contributed by atoms with Gasteiger partial charge in [-0.2, -0.15) is 0 Å². The van der Waals surface area contributed by atoms with Gasteiger partial charge in [-0.15, -0.1) is 11.8 Å². The fraction of sp³-hybridized carbons (Fsp3) is 0.467. The maximum absolute atomic E-state index is 12.2. The summed E-state index contributed by atoms with van der Waals surface area (Å²) in [4.78, 5) is 28.9. The zero-order valence-corrected chi connectivity index (χ0v) is 13.4. The van der Waals surface area contributed by atoms with Crippen molar-refractivity contribution in [3.63, 3.8) is 0 Å². The lowest BCUT2D eigenvalue weighted by molar-refractivity contribution is -0.144. The van der Waals surface area contributed by atoms with Crippen LogP contribution in [0.15, 0.2) is 29.2 Å². The van der Waals surface area contributed by atoms with Crippen molar-refractivity contribution in [2.24, 2.45) is 0 Å². The minimum Gasteiger partial charge on any atom is -0.395 e. The van der Waals surface area contributed by atoms with Gasteiger partial charge in [0.05, 0.1) is 6.61 Å². The molecule has 0 radical (unpaired) electrons. The van der Waals surface area contributed by atoms with E-state index in [0.29, 0.717) is 38.4 Å². The second kappa shape index (κ2) is 8.17. The van der Waals surface area contributed by atoms with E-state index in [4.69, 9.17) is 5.11 Å². The highest BCUT2D eigenvalue weighted by Crippen LogP contribution is 2.19. The highest BCUT2D eigenvalue weighted by atomic mass is 32.2. The van der Waals surface area contributed by atoms with Gasteiger partial charge in [-0.1, -0.05) is 6.07 Å². The number of carbonyl (C=O) groups excluding carboxylic acids is 2. The monoisotopic (exact) mass is 323 g/mol. The number of carbonyl (C=O) groups is 2. The fourth-order valence-corrected chi connectivity index (χ4v) is 2.80. The third-order valence-electron chi connectivity index (χ3n) is 3.60. The molecule has 1 saturated heterocycles. The Morgan fingerprint density at radius 1 is 1.27 bits per heavy atom. The van der Waals surface area contributed by atoms with Gasteiger partial charge in [-0.3, -0.25) is 14.5 Å². The van der Waals surface area contributed by atoms with Crippen LogP contribution in [-0.4, -0.2) is 72.3 Å². The lowest BCUT2D eigenvalue weighted by Crippen LogP contribution is -2.52. The van der Waals surface area contributed by atoms with Gasteiger partial charge in [0.25, 0.3) is 0 Å². The largest absolute Gasteiger partial charge is 0.395 e. The molecule has 0 bridgehead atoms. The first-order valence-electron chi connectivity index (χ1n) is 7.21. The minimum atomic E-state index is -0.603. The van der Waals surface area contributed by atoms with E-state index in [1.54, 1.807) is 22.7 Å². The Labute approximate surface area is 134 Å². The standard InChI is InChI=1S/C15H21N3O3S/c1-22-13-4-2-3-12(11-13)16-14(20)15(21)18-7-5-17(6-8-18)9-10-19/h2-4,11,19H,5-10H2,1H3,(H,16,20). The summed E-state index contributed by atoms with van der Waals surface area (Å²) in [6, 6.07) is 7.40. The number of nitrogens with one attached hydrogen (secondary N) is 1. The normalized spacial score (nSPS) is 15.6. The Balaban J connectivity index is 1.88. The number of nitrogens with zero attached hydrogens (tertiary/aromatic N) is 2. The first-order chi connectivity index (χ1) is 10.6. The van der Waals surface area contributed by atoms with E-state index in [0.717, 1.165) is 4.90 Å². The van der Waals surface area contributed by atoms with E-state index in [2.05, 4.69) is 10.2 Å². The molecule has 2 rings (SSSR count). The molecule has 0 aliphatic carbocycles. The highest BCUT2D eigenvalue weighted by molar-refractivity contribution is 7.98. The molecule has 6 nitrogen and oxygen atoms in total. The first kappa shape index (κ1) is 16.8. The Kier molecular flexibility index (Phi) is 6.23. The van der Waals surface area contributed by atoms with Crippen LogP contribution in [0, 0.1) is 0 Å². The van der Waals surface area contributed by atoms with Crippen molar-refractivity contribution in [3.8, 4) is 0 Å². The van der Waals surface area contributed by atoms with Crippen molar-refractivity contribution in [1.82, 2.24) is 9.80 Å². The molecule has 1 aromatic carbocycles. The number of benzene rings is 1. The molecule has 0 atom stereocenters. The summed E-state index contributed by atoms with van der Waals surface area (Å²) in [5.41, 5.74) is 0.629. The Morgan fingerprint density at radius 3 is 2.64 bits per heavy atom. The molecule has 7 heteroatoms. The molecule has 1 aromatic rings. The number of hydrogen-bond donors (Lipinski definition) is 2. The summed E-state index contributed by atoms with van der Waals surface area (Å²) < 4.78 is 0. The molecule has 0 saturated carbocycles. The molecule has 2 amide bonds. The molecular formula is C15H21N3O3S. The molecule has 22 heavy (non-hydrogen) atoms. The average Bonchev–Trinajstić information content (AvgIpc) is 2.55. The highest BCUT2D eigenvalue weighted by Gasteiger charge is 2.25. The zero-order valence-electron chi connectivity index (χ0n) is 12.6. The SMILES string of the molecule is CSc1cccc(NC(=O)C(=O)N2CCN(CCO)CC2)c1. The topological polar surface area (TPSA) is 72.9 Å². The van der Waals surface area contributed by atoms with Crippen LogP contribution in [0.5, 0.6) is 0 Å². The van der Waals surface area contributed by atoms with Crippen LogP contribution < -0.4 is 5.32 Å². The van der Waals surface area contributed by atoms with Crippen LogP contribution in [0.4, 0.5) is 5.69 Å². The Hall–Kier alpha value is -1.57. The molecule has 0 spiro atoms. The number of thioether (sulfide) groups is 1. The van der Waals surface area contributed by atoms with Crippen molar-refractivity contribution < 1.29 is 14.7 Å². The number of aliphatic hydroxyl groups is 1. The maximum atomic E-state index is 12.2. The van der Waals surface area contributed by atoms with E-state index in [1.807, 2.05) is 24.5 Å². The smallest absolute Gasteiger partial charge is 0.313 e. The molecule has 1 aliphatic heterocycles. The van der Waals surface area contributed by atoms with Crippen molar-refractivity contribution >= 4 is 29.3 Å². The average molecular weight is 323 g/mol. The second-order valence-corrected chi connectivity index (χ2v) is 5.92. The number of piperazine rings is 1. The van der Waals surface area contributed by atoms with Crippen LogP contribution in [-0.2, 0) is 9.59 Å². The number of aliphatic hydroxyl groups excluding tert-OH is 1. The Bertz CT molecular complexity index is 531. The molecular weight excluding hydrogens is 302 g/mol. The lowest BCUT2D eigenvalue weighted by atomic mass is 10.3. The van der Waals surface area contributed by atoms with Crippen molar-refractivity contribution in [2.75, 3.05) is 50.9 Å². The van der Waals surface area contributed by atoms with E-state index in [9.17, 15) is 9.59 Å². The summed E-state index contributed by atoms with van der Waals surface area (Å²) in [7, 11) is 0. The van der Waals surface area contributed by atoms with E-state index in [1.165, 1.54) is 0 Å². The van der Waals surface area contributed by atoms with Gasteiger partial charge in [0, 0.05) is 43.3 Å². The number of hydrogen-bond acceptors (Lipinski definition) is 5. The molecule has 2 N–H and O–H groups in total. The van der Waals surface area contributed by atoms with Gasteiger partial charge >= 0.3 is 11.8 Å². The van der Waals surface area contributed by atoms with Crippen molar-refractivity contribution in [3.05, 3.63) is 24.3 Å². The predicted octanol–water partition coefficient (Wildman–Crippen LogP) is 0.483. The molecule has 1 aliphatic rings. The van der Waals surface area contributed by atoms with Crippen molar-refractivity contribution in [2.45, 2.75) is 4.90 Å². The van der Waals surface area contributed by atoms with Gasteiger partial charge in [0.1, 0.15) is 0 Å². The molecule has 0 aromatic heterocycles. The van der Waals surface area contributed by atoms with Crippen LogP contribution >= 0.6 is 11.8 Å². The summed E-state index contributed by atoms with van der Waals surface area (Å²) in [6.07, 6.45) is 1.96. The summed E-state index contributed by atoms with van der Waals surface area (Å²) in [5, 5.41) is 11.6. The first-order valence-corrected chi connectivity index (χ1v) is 8.44. The van der Waals surface area contributed by atoms with Gasteiger partial charge < -0.3 is 15.3 Å². The van der Waals surface area contributed by atoms with Gasteiger partial charge in [0.15, 0.2) is 0 Å². The van der Waals surface area contributed by atoms with Gasteiger partial charge in [-0.05, 0) is 24.5 Å². The minimum absolute atomic E-state index is 0.111. The van der Waals surface area contributed by atoms with E-state index < -0.39 is 11.8 Å². The number of anilines is 1. The van der Waals surface area contributed by atoms with Crippen LogP contribution in [0.1, 0.15) is 0 Å². The number of amides is 2. The number of β-amino-alcohol motifs (C(OH)–C–C–N with tert-alkyl or cyclic N) is 1. The van der Waals surface area contributed by atoms with Crippen molar-refractivity contribution in [1.29, 1.82) is 0 Å². The Morgan fingerprint density at radius 2 is 2.00 bits per heavy atom. The number of rotatable bonds is 4. The maximum Gasteiger partial charge on any atom is 0.313 e. The third-order valence-corrected chi connectivity index (χ3v) is 4.32. The summed E-state index contributed by atoms with van der Waals surface area (Å²) in [6.45, 7) is 3.10. The second-order valence-electron chi connectivity index (χ2n) is 5.04. The molecule has 0 unspecified atom stereocenters. The van der Waals surface area contributed by atoms with Crippen LogP contribution in [0.25, 0.3) is 0 Å². The molecule has 1 fully saturated rings. The zero-order chi connectivity index (χ0) is 15.9. The molecule has 120 valence electrons. The van der Waals surface area contributed by atoms with Crippen LogP contribution in [0.3, 0.4) is 0 Å². The summed E-state index contributed by atoms with van der Waals surface area (Å²) >= 11 is 1.58. The molecule has 1 heterocycles. The van der Waals surface area contributed by atoms with Crippen LogP contribution in [0.2, 0.25) is 0 Å². The third kappa shape index (κ3) is 4.46. The fourth-order valence-electron chi connectivity index (χ4n) is 2.34. The quantitative estimate of drug-likeness (QED) is 0.623. The predicted molar refractivity (Wildman–Crippen MR) is 87.0 cm³/mol. The van der Waals surface area contributed by atoms with Gasteiger partial charge in [0.2, 0.25) is 0 Å². The van der Waals surface area contributed by atoms with E-state index >= 15 is 0 Å². The van der Waals surface area contributed by atoms with Gasteiger partial charge in [-0.25, -0.2) is 0 Å².